The van der Waals surface area contributed by atoms with E-state index >= 15 is 0 Å². The molecule has 13 heavy (non-hydrogen) atoms. The van der Waals surface area contributed by atoms with E-state index in [0.29, 0.717) is 11.9 Å². The summed E-state index contributed by atoms with van der Waals surface area (Å²) in [4.78, 5) is 0. The van der Waals surface area contributed by atoms with E-state index in [1.54, 1.807) is 0 Å². The topological polar surface area (TPSA) is 27.7 Å². The van der Waals surface area contributed by atoms with Gasteiger partial charge in [-0.05, 0) is 13.8 Å². The molecule has 0 N–H and O–H groups in total. The van der Waals surface area contributed by atoms with E-state index in [9.17, 15) is 0 Å². The molecule has 0 unspecified atom stereocenters. The van der Waals surface area contributed by atoms with Crippen LogP contribution in [0, 0.1) is 0 Å². The monoisotopic (exact) mass is 202 g/mol. The first-order valence-corrected chi connectivity index (χ1v) is 5.79. The Balaban J connectivity index is 1.76. The molecule has 0 radical (unpaired) electrons. The zero-order chi connectivity index (χ0) is 9.05. The normalized spacial score (nSPS) is 52.2. The van der Waals surface area contributed by atoms with Gasteiger partial charge >= 0.3 is 0 Å². The quantitative estimate of drug-likeness (QED) is 0.593. The zero-order valence-electron chi connectivity index (χ0n) is 7.86. The molecule has 3 rings (SSSR count). The summed E-state index contributed by atoms with van der Waals surface area (Å²) in [6, 6.07) is 0. The largest absolute Gasteiger partial charge is 0.371 e. The molecule has 0 aromatic heterocycles. The molecule has 4 atom stereocenters. The van der Waals surface area contributed by atoms with Gasteiger partial charge in [-0.15, -0.1) is 0 Å². The van der Waals surface area contributed by atoms with Crippen molar-refractivity contribution in [2.24, 2.45) is 0 Å². The van der Waals surface area contributed by atoms with Crippen molar-refractivity contribution in [1.29, 1.82) is 0 Å². The number of ether oxygens (including phenoxy) is 3. The van der Waals surface area contributed by atoms with Gasteiger partial charge in [0.15, 0.2) is 5.79 Å². The van der Waals surface area contributed by atoms with E-state index in [4.69, 9.17) is 14.2 Å². The van der Waals surface area contributed by atoms with E-state index in [0.717, 1.165) is 0 Å². The fourth-order valence-corrected chi connectivity index (χ4v) is 2.86. The molecule has 3 heterocycles. The minimum Gasteiger partial charge on any atom is -0.371 e. The van der Waals surface area contributed by atoms with Gasteiger partial charge in [0.25, 0.3) is 0 Å². The summed E-state index contributed by atoms with van der Waals surface area (Å²) in [5.74, 6) is 0.814. The van der Waals surface area contributed by atoms with Crippen LogP contribution in [0.15, 0.2) is 0 Å². The lowest BCUT2D eigenvalue weighted by Gasteiger charge is -2.21. The molecule has 0 aromatic carbocycles. The minimum atomic E-state index is -0.406. The molecular weight excluding hydrogens is 188 g/mol. The van der Waals surface area contributed by atoms with Crippen LogP contribution in [0.3, 0.4) is 0 Å². The summed E-state index contributed by atoms with van der Waals surface area (Å²) >= 11 is 1.95. The van der Waals surface area contributed by atoms with Crippen molar-refractivity contribution < 1.29 is 14.2 Å². The smallest absolute Gasteiger partial charge is 0.164 e. The maximum Gasteiger partial charge on any atom is 0.164 e. The summed E-state index contributed by atoms with van der Waals surface area (Å²) in [6.45, 7) is 4.65. The van der Waals surface area contributed by atoms with Gasteiger partial charge in [0.2, 0.25) is 0 Å². The highest BCUT2D eigenvalue weighted by atomic mass is 32.2. The summed E-state index contributed by atoms with van der Waals surface area (Å²) in [5.41, 5.74) is 0. The van der Waals surface area contributed by atoms with Crippen LogP contribution in [-0.2, 0) is 14.2 Å². The Kier molecular flexibility index (Phi) is 1.72. The predicted octanol–water partition coefficient (Wildman–Crippen LogP) is 1.02. The lowest BCUT2D eigenvalue weighted by Crippen LogP contribution is -2.32. The average molecular weight is 202 g/mol. The Bertz CT molecular complexity index is 227. The van der Waals surface area contributed by atoms with Gasteiger partial charge in [0, 0.05) is 11.0 Å². The van der Waals surface area contributed by atoms with Crippen LogP contribution in [0.4, 0.5) is 0 Å². The molecule has 0 aliphatic carbocycles. The van der Waals surface area contributed by atoms with Crippen LogP contribution in [0.1, 0.15) is 13.8 Å². The van der Waals surface area contributed by atoms with Crippen LogP contribution < -0.4 is 0 Å². The van der Waals surface area contributed by atoms with Crippen molar-refractivity contribution >= 4 is 11.8 Å². The van der Waals surface area contributed by atoms with Gasteiger partial charge in [-0.2, -0.15) is 11.8 Å². The summed E-state index contributed by atoms with van der Waals surface area (Å²) in [7, 11) is 0. The predicted molar refractivity (Wildman–Crippen MR) is 49.8 cm³/mol. The first kappa shape index (κ1) is 8.53. The summed E-state index contributed by atoms with van der Waals surface area (Å²) in [5, 5.41) is 0.660. The van der Waals surface area contributed by atoms with Crippen molar-refractivity contribution in [3.05, 3.63) is 0 Å². The number of rotatable bonds is 1. The Labute approximate surface area is 82.1 Å². The second-order valence-electron chi connectivity index (χ2n) is 4.31. The van der Waals surface area contributed by atoms with E-state index in [1.807, 2.05) is 25.6 Å². The highest BCUT2D eigenvalue weighted by Crippen LogP contribution is 2.44. The van der Waals surface area contributed by atoms with Crippen LogP contribution in [0.5, 0.6) is 0 Å². The van der Waals surface area contributed by atoms with Crippen molar-refractivity contribution in [2.75, 3.05) is 12.4 Å². The van der Waals surface area contributed by atoms with Gasteiger partial charge in [0.1, 0.15) is 12.2 Å². The fraction of sp³-hybridized carbons (Fsp3) is 1.00. The maximum absolute atomic E-state index is 5.83. The molecule has 3 fully saturated rings. The molecule has 3 nitrogen and oxygen atoms in total. The van der Waals surface area contributed by atoms with Crippen molar-refractivity contribution in [2.45, 2.75) is 43.2 Å². The van der Waals surface area contributed by atoms with Crippen molar-refractivity contribution in [1.82, 2.24) is 0 Å². The second kappa shape index (κ2) is 2.63. The van der Waals surface area contributed by atoms with Gasteiger partial charge in [0.05, 0.1) is 12.7 Å². The Hall–Kier alpha value is 0.230. The highest BCUT2D eigenvalue weighted by Gasteiger charge is 2.54. The van der Waals surface area contributed by atoms with Crippen LogP contribution in [-0.4, -0.2) is 41.7 Å². The van der Waals surface area contributed by atoms with E-state index in [2.05, 4.69) is 0 Å². The molecule has 74 valence electrons. The highest BCUT2D eigenvalue weighted by molar-refractivity contribution is 8.06. The van der Waals surface area contributed by atoms with Gasteiger partial charge in [-0.25, -0.2) is 0 Å². The van der Waals surface area contributed by atoms with Crippen LogP contribution in [0.25, 0.3) is 0 Å². The number of fused-ring (bicyclic) bond motifs is 1. The molecule has 0 spiro atoms. The van der Waals surface area contributed by atoms with Crippen LogP contribution in [0.2, 0.25) is 0 Å². The minimum absolute atomic E-state index is 0.168. The zero-order valence-corrected chi connectivity index (χ0v) is 8.67. The number of hydrogen-bond acceptors (Lipinski definition) is 4. The molecular formula is C9H14O3S. The first-order valence-electron chi connectivity index (χ1n) is 4.74. The summed E-state index contributed by atoms with van der Waals surface area (Å²) < 4.78 is 17.2. The third kappa shape index (κ3) is 1.40. The maximum atomic E-state index is 5.83. The third-order valence-corrected chi connectivity index (χ3v) is 3.71. The van der Waals surface area contributed by atoms with Gasteiger partial charge < -0.3 is 14.2 Å². The van der Waals surface area contributed by atoms with E-state index in [-0.39, 0.29) is 18.3 Å². The van der Waals surface area contributed by atoms with Gasteiger partial charge in [-0.1, -0.05) is 0 Å². The fourth-order valence-electron chi connectivity index (χ4n) is 2.14. The summed E-state index contributed by atoms with van der Waals surface area (Å²) in [6.07, 6.45) is 0.618. The Morgan fingerprint density at radius 3 is 2.69 bits per heavy atom. The van der Waals surface area contributed by atoms with Crippen molar-refractivity contribution in [3.8, 4) is 0 Å². The SMILES string of the molecule is CC1(C)O[C@H]2[C@@H]([C@@H]3CS3)OC[C@H]2O1. The molecule has 0 amide bonds. The molecule has 3 saturated heterocycles. The average Bonchev–Trinajstić information content (AvgIpc) is 2.72. The second-order valence-corrected chi connectivity index (χ2v) is 5.58. The lowest BCUT2D eigenvalue weighted by atomic mass is 10.1. The lowest BCUT2D eigenvalue weighted by molar-refractivity contribution is -0.173. The third-order valence-electron chi connectivity index (χ3n) is 2.72. The molecule has 0 aromatic rings. The molecule has 0 saturated carbocycles. The van der Waals surface area contributed by atoms with Crippen molar-refractivity contribution in [3.63, 3.8) is 0 Å². The van der Waals surface area contributed by atoms with Gasteiger partial charge in [-0.3, -0.25) is 0 Å². The first-order chi connectivity index (χ1) is 6.16. The molecule has 0 bridgehead atoms. The standard InChI is InChI=1S/C9H14O3S/c1-9(2)11-5-3-10-8(6-4-13-6)7(5)12-9/h5-8H,3-4H2,1-2H3/t5-,6+,7-,8-/m1/s1. The number of hydrogen-bond donors (Lipinski definition) is 0. The molecule has 3 aliphatic rings. The van der Waals surface area contributed by atoms with Crippen LogP contribution >= 0.6 is 11.8 Å². The molecule has 4 heteroatoms. The van der Waals surface area contributed by atoms with E-state index < -0.39 is 5.79 Å². The van der Waals surface area contributed by atoms with E-state index in [1.165, 1.54) is 5.75 Å². The number of thioether (sulfide) groups is 1. The Morgan fingerprint density at radius 1 is 1.23 bits per heavy atom. The Morgan fingerprint density at radius 2 is 2.00 bits per heavy atom. The molecule has 3 aliphatic heterocycles.